The summed E-state index contributed by atoms with van der Waals surface area (Å²) in [6.45, 7) is 1.61. The average Bonchev–Trinajstić information content (AvgIpc) is 3.62. The Morgan fingerprint density at radius 2 is 2.00 bits per heavy atom. The summed E-state index contributed by atoms with van der Waals surface area (Å²) in [5.74, 6) is 0.0593. The van der Waals surface area contributed by atoms with Gasteiger partial charge in [-0.2, -0.15) is 20.6 Å². The fraction of sp³-hybridized carbons (Fsp3) is 0.414. The second kappa shape index (κ2) is 8.01. The van der Waals surface area contributed by atoms with E-state index in [2.05, 4.69) is 51.2 Å². The van der Waals surface area contributed by atoms with Crippen LogP contribution in [0.2, 0.25) is 0 Å². The molecule has 37 heavy (non-hydrogen) atoms. The number of fused-ring (bicyclic) bond motifs is 2. The minimum atomic E-state index is -0.0300. The number of carbonyl (C=O) groups is 1. The first-order chi connectivity index (χ1) is 18.0. The van der Waals surface area contributed by atoms with Gasteiger partial charge in [0.2, 0.25) is 5.91 Å². The molecule has 2 aromatic heterocycles. The van der Waals surface area contributed by atoms with Crippen LogP contribution in [0.3, 0.4) is 0 Å². The van der Waals surface area contributed by atoms with Crippen LogP contribution in [-0.4, -0.2) is 38.5 Å². The Kier molecular flexibility index (Phi) is 4.81. The van der Waals surface area contributed by atoms with Gasteiger partial charge in [-0.15, -0.1) is 0 Å². The van der Waals surface area contributed by atoms with Gasteiger partial charge in [0.25, 0.3) is 0 Å². The molecule has 8 heteroatoms. The number of hydrogen-bond donors (Lipinski definition) is 2. The monoisotopic (exact) mass is 491 g/mol. The van der Waals surface area contributed by atoms with Gasteiger partial charge in [-0.05, 0) is 69.2 Å². The van der Waals surface area contributed by atoms with E-state index in [1.807, 2.05) is 16.6 Å². The van der Waals surface area contributed by atoms with E-state index in [-0.39, 0.29) is 16.9 Å². The maximum atomic E-state index is 11.7. The largest absolute Gasteiger partial charge is 0.382 e. The van der Waals surface area contributed by atoms with Crippen molar-refractivity contribution in [3.05, 3.63) is 53.7 Å². The first-order valence-corrected chi connectivity index (χ1v) is 13.2. The number of hydrogen-bond acceptors (Lipinski definition) is 6. The summed E-state index contributed by atoms with van der Waals surface area (Å²) in [6.07, 6.45) is 10.0. The van der Waals surface area contributed by atoms with Crippen LogP contribution in [0.5, 0.6) is 0 Å². The van der Waals surface area contributed by atoms with Gasteiger partial charge in [-0.1, -0.05) is 12.1 Å². The molecule has 1 amide bonds. The molecule has 3 aromatic rings. The van der Waals surface area contributed by atoms with Crippen LogP contribution in [0.15, 0.2) is 52.8 Å². The Bertz CT molecular complexity index is 1550. The van der Waals surface area contributed by atoms with Crippen molar-refractivity contribution in [3.8, 4) is 17.3 Å². The van der Waals surface area contributed by atoms with Gasteiger partial charge in [0.1, 0.15) is 6.07 Å². The van der Waals surface area contributed by atoms with Crippen molar-refractivity contribution in [2.75, 3.05) is 5.32 Å². The smallest absolute Gasteiger partial charge is 0.217 e. The highest BCUT2D eigenvalue weighted by Gasteiger charge is 2.63. The van der Waals surface area contributed by atoms with Crippen LogP contribution < -0.4 is 10.6 Å². The Hall–Kier alpha value is -3.99. The fourth-order valence-electron chi connectivity index (χ4n) is 6.87. The van der Waals surface area contributed by atoms with Gasteiger partial charge in [-0.3, -0.25) is 4.79 Å². The van der Waals surface area contributed by atoms with E-state index in [9.17, 15) is 10.1 Å². The van der Waals surface area contributed by atoms with Crippen molar-refractivity contribution in [2.24, 2.45) is 15.6 Å². The number of nitrogens with one attached hydrogen (secondary N) is 2. The van der Waals surface area contributed by atoms with E-state index in [0.717, 1.165) is 65.8 Å². The number of benzene rings is 1. The molecule has 1 aliphatic heterocycles. The summed E-state index contributed by atoms with van der Waals surface area (Å²) in [5.41, 5.74) is 7.95. The van der Waals surface area contributed by atoms with Gasteiger partial charge in [0.15, 0.2) is 0 Å². The molecule has 4 fully saturated rings. The molecule has 0 atom stereocenters. The minimum absolute atomic E-state index is 0.0300. The highest BCUT2D eigenvalue weighted by Crippen LogP contribution is 2.63. The SMILES string of the molecule is CC(=O)NC12CCC(C3=NN=C(c4ccc(-c5ccc6cc(C#N)cnn56)cc4NC4CCC4)C3)(C1)C2. The van der Waals surface area contributed by atoms with Crippen molar-refractivity contribution in [3.63, 3.8) is 0 Å². The molecule has 186 valence electrons. The molecule has 4 aliphatic carbocycles. The number of carbonyl (C=O) groups excluding carboxylic acids is 1. The van der Waals surface area contributed by atoms with E-state index >= 15 is 0 Å². The molecule has 8 rings (SSSR count). The van der Waals surface area contributed by atoms with Crippen LogP contribution in [0, 0.1) is 16.7 Å². The normalized spacial score (nSPS) is 26.2. The third-order valence-electron chi connectivity index (χ3n) is 8.84. The van der Waals surface area contributed by atoms with Crippen molar-refractivity contribution in [1.82, 2.24) is 14.9 Å². The molecule has 2 N–H and O–H groups in total. The fourth-order valence-corrected chi connectivity index (χ4v) is 6.87. The van der Waals surface area contributed by atoms with Crippen molar-refractivity contribution >= 4 is 28.5 Å². The van der Waals surface area contributed by atoms with Crippen molar-refractivity contribution in [1.29, 1.82) is 5.26 Å². The van der Waals surface area contributed by atoms with E-state index in [1.165, 1.54) is 25.0 Å². The Morgan fingerprint density at radius 1 is 1.14 bits per heavy atom. The molecule has 0 radical (unpaired) electrons. The number of nitrogens with zero attached hydrogens (tertiary/aromatic N) is 5. The highest BCUT2D eigenvalue weighted by molar-refractivity contribution is 6.19. The predicted molar refractivity (Wildman–Crippen MR) is 143 cm³/mol. The molecule has 4 saturated carbocycles. The lowest BCUT2D eigenvalue weighted by molar-refractivity contribution is -0.122. The lowest BCUT2D eigenvalue weighted by atomic mass is 9.61. The van der Waals surface area contributed by atoms with Gasteiger partial charge in [0, 0.05) is 47.2 Å². The zero-order valence-corrected chi connectivity index (χ0v) is 20.9. The molecular formula is C29H29N7O. The highest BCUT2D eigenvalue weighted by atomic mass is 16.1. The predicted octanol–water partition coefficient (Wildman–Crippen LogP) is 4.84. The number of aromatic nitrogens is 2. The van der Waals surface area contributed by atoms with Gasteiger partial charge >= 0.3 is 0 Å². The summed E-state index contributed by atoms with van der Waals surface area (Å²) >= 11 is 0. The third-order valence-corrected chi connectivity index (χ3v) is 8.84. The van der Waals surface area contributed by atoms with Crippen molar-refractivity contribution < 1.29 is 4.79 Å². The van der Waals surface area contributed by atoms with Crippen LogP contribution in [0.25, 0.3) is 16.8 Å². The standard InChI is InChI=1S/C29H29N7O/c1-18(37)33-29-10-9-28(16-29,17-29)27-13-25(34-35-27)23-7-5-20(12-24(23)32-21-3-2-4-21)26-8-6-22-11-19(14-30)15-31-36(22)26/h5-8,11-12,15,21,32H,2-4,9-10,13,16-17H2,1H3,(H,33,37). The molecule has 3 heterocycles. The van der Waals surface area contributed by atoms with E-state index in [0.29, 0.717) is 11.6 Å². The van der Waals surface area contributed by atoms with Gasteiger partial charge in [-0.25, -0.2) is 4.52 Å². The Balaban J connectivity index is 1.17. The molecule has 1 aromatic carbocycles. The second-order valence-electron chi connectivity index (χ2n) is 11.3. The maximum absolute atomic E-state index is 11.7. The first kappa shape index (κ1) is 22.2. The Morgan fingerprint density at radius 3 is 2.76 bits per heavy atom. The molecule has 2 bridgehead atoms. The molecule has 0 saturated heterocycles. The third kappa shape index (κ3) is 3.56. The number of rotatable bonds is 6. The van der Waals surface area contributed by atoms with E-state index in [4.69, 9.17) is 5.10 Å². The maximum Gasteiger partial charge on any atom is 0.217 e. The number of nitriles is 1. The lowest BCUT2D eigenvalue weighted by Crippen LogP contribution is -2.57. The lowest BCUT2D eigenvalue weighted by Gasteiger charge is -2.47. The minimum Gasteiger partial charge on any atom is -0.382 e. The van der Waals surface area contributed by atoms with E-state index < -0.39 is 0 Å². The van der Waals surface area contributed by atoms with Gasteiger partial charge < -0.3 is 10.6 Å². The van der Waals surface area contributed by atoms with Crippen LogP contribution in [-0.2, 0) is 4.79 Å². The molecule has 0 spiro atoms. The van der Waals surface area contributed by atoms with Crippen molar-refractivity contribution in [2.45, 2.75) is 69.9 Å². The summed E-state index contributed by atoms with van der Waals surface area (Å²) in [7, 11) is 0. The van der Waals surface area contributed by atoms with Gasteiger partial charge in [0.05, 0.1) is 34.4 Å². The Labute approximate surface area is 215 Å². The average molecular weight is 492 g/mol. The zero-order chi connectivity index (χ0) is 25.2. The summed E-state index contributed by atoms with van der Waals surface area (Å²) in [6, 6.07) is 15.0. The van der Waals surface area contributed by atoms with Crippen LogP contribution in [0.4, 0.5) is 5.69 Å². The zero-order valence-electron chi connectivity index (χ0n) is 20.9. The summed E-state index contributed by atoms with van der Waals surface area (Å²) in [4.78, 5) is 11.7. The quantitative estimate of drug-likeness (QED) is 0.515. The first-order valence-electron chi connectivity index (χ1n) is 13.2. The second-order valence-corrected chi connectivity index (χ2v) is 11.3. The summed E-state index contributed by atoms with van der Waals surface area (Å²) < 4.78 is 1.88. The molecule has 8 nitrogen and oxygen atoms in total. The molecular weight excluding hydrogens is 462 g/mol. The molecule has 5 aliphatic rings. The molecule has 0 unspecified atom stereocenters. The summed E-state index contributed by atoms with van der Waals surface area (Å²) in [5, 5.41) is 30.1. The van der Waals surface area contributed by atoms with E-state index in [1.54, 1.807) is 13.1 Å². The topological polar surface area (TPSA) is 107 Å². The number of anilines is 1. The number of amides is 1. The van der Waals surface area contributed by atoms with Crippen LogP contribution >= 0.6 is 0 Å². The van der Waals surface area contributed by atoms with Crippen LogP contribution in [0.1, 0.15) is 69.4 Å².